The van der Waals surface area contributed by atoms with Gasteiger partial charge in [-0.25, -0.2) is 4.98 Å². The number of rotatable bonds is 5. The molecule has 2 heterocycles. The van der Waals surface area contributed by atoms with Gasteiger partial charge in [0.05, 0.1) is 22.7 Å². The molecule has 0 aliphatic heterocycles. The van der Waals surface area contributed by atoms with Gasteiger partial charge in [-0.3, -0.25) is 4.79 Å². The lowest BCUT2D eigenvalue weighted by molar-refractivity contribution is 0.0900. The van der Waals surface area contributed by atoms with E-state index in [0.29, 0.717) is 29.3 Å². The summed E-state index contributed by atoms with van der Waals surface area (Å²) in [5, 5.41) is 17.0. The van der Waals surface area contributed by atoms with Gasteiger partial charge in [0.15, 0.2) is 0 Å². The fourth-order valence-electron chi connectivity index (χ4n) is 2.01. The van der Waals surface area contributed by atoms with Crippen molar-refractivity contribution >= 4 is 17.0 Å². The molecule has 0 radical (unpaired) electrons. The van der Waals surface area contributed by atoms with Crippen LogP contribution in [0.5, 0.6) is 0 Å². The molecular weight excluding hydrogens is 258 g/mol. The third kappa shape index (κ3) is 3.33. The van der Waals surface area contributed by atoms with Crippen LogP contribution in [0, 0.1) is 12.8 Å². The molecule has 6 heteroatoms. The molecule has 2 aromatic rings. The molecule has 2 N–H and O–H groups in total. The highest BCUT2D eigenvalue weighted by atomic mass is 16.5. The minimum Gasteiger partial charge on any atom is -0.391 e. The molecular formula is C14H19N3O3. The minimum atomic E-state index is -0.534. The summed E-state index contributed by atoms with van der Waals surface area (Å²) in [7, 11) is 0. The minimum absolute atomic E-state index is 0.234. The number of nitrogens with one attached hydrogen (secondary N) is 1. The van der Waals surface area contributed by atoms with Crippen LogP contribution in [0.4, 0.5) is 0 Å². The molecule has 0 aliphatic rings. The summed E-state index contributed by atoms with van der Waals surface area (Å²) in [5.74, 6) is 0.127. The fourth-order valence-corrected chi connectivity index (χ4v) is 2.01. The van der Waals surface area contributed by atoms with Crippen molar-refractivity contribution in [1.29, 1.82) is 0 Å². The van der Waals surface area contributed by atoms with Crippen molar-refractivity contribution in [2.75, 3.05) is 6.54 Å². The molecule has 0 aromatic carbocycles. The molecule has 0 fully saturated rings. The number of nitrogens with zero attached hydrogens (tertiary/aromatic N) is 2. The van der Waals surface area contributed by atoms with E-state index in [4.69, 9.17) is 4.52 Å². The maximum absolute atomic E-state index is 12.0. The molecule has 2 rings (SSSR count). The highest BCUT2D eigenvalue weighted by molar-refractivity contribution is 5.96. The number of fused-ring (bicyclic) bond motifs is 1. The Labute approximate surface area is 117 Å². The summed E-state index contributed by atoms with van der Waals surface area (Å²) in [4.78, 5) is 16.0. The van der Waals surface area contributed by atoms with Crippen LogP contribution in [0.3, 0.4) is 0 Å². The van der Waals surface area contributed by atoms with Gasteiger partial charge in [0, 0.05) is 12.7 Å². The molecule has 2 aromatic heterocycles. The topological polar surface area (TPSA) is 88.2 Å². The van der Waals surface area contributed by atoms with E-state index in [0.717, 1.165) is 5.39 Å². The van der Waals surface area contributed by atoms with E-state index in [9.17, 15) is 9.90 Å². The number of carbonyl (C=O) groups is 1. The van der Waals surface area contributed by atoms with Crippen molar-refractivity contribution in [2.24, 2.45) is 5.92 Å². The van der Waals surface area contributed by atoms with Crippen LogP contribution < -0.4 is 5.32 Å². The number of pyridine rings is 1. The Bertz CT molecular complexity index is 607. The Kier molecular flexibility index (Phi) is 4.34. The largest absolute Gasteiger partial charge is 0.391 e. The SMILES string of the molecule is Cc1noc2ncc(C(=O)NCC(O)CC(C)C)cc12. The number of hydrogen-bond acceptors (Lipinski definition) is 5. The summed E-state index contributed by atoms with van der Waals surface area (Å²) in [5.41, 5.74) is 1.54. The second-order valence-corrected chi connectivity index (χ2v) is 5.34. The maximum Gasteiger partial charge on any atom is 0.257 e. The predicted octanol–water partition coefficient (Wildman–Crippen LogP) is 1.67. The lowest BCUT2D eigenvalue weighted by Gasteiger charge is -2.13. The first-order valence-corrected chi connectivity index (χ1v) is 6.65. The molecule has 0 saturated heterocycles. The number of aromatic nitrogens is 2. The van der Waals surface area contributed by atoms with Crippen LogP contribution in [-0.4, -0.2) is 33.8 Å². The average molecular weight is 277 g/mol. The number of amides is 1. The Hall–Kier alpha value is -1.95. The van der Waals surface area contributed by atoms with Gasteiger partial charge in [-0.2, -0.15) is 0 Å². The second-order valence-electron chi connectivity index (χ2n) is 5.34. The second kappa shape index (κ2) is 6.00. The zero-order valence-electron chi connectivity index (χ0n) is 11.9. The van der Waals surface area contributed by atoms with Crippen LogP contribution in [0.15, 0.2) is 16.8 Å². The summed E-state index contributed by atoms with van der Waals surface area (Å²) in [6.07, 6.45) is 1.56. The molecule has 0 bridgehead atoms. The van der Waals surface area contributed by atoms with Gasteiger partial charge in [0.1, 0.15) is 0 Å². The van der Waals surface area contributed by atoms with Gasteiger partial charge in [-0.05, 0) is 25.3 Å². The van der Waals surface area contributed by atoms with Gasteiger partial charge in [0.2, 0.25) is 0 Å². The maximum atomic E-state index is 12.0. The molecule has 108 valence electrons. The Balaban J connectivity index is 2.02. The summed E-state index contributed by atoms with van der Waals surface area (Å²) in [6, 6.07) is 1.69. The van der Waals surface area contributed by atoms with Crippen LogP contribution in [0.1, 0.15) is 36.3 Å². The van der Waals surface area contributed by atoms with Crippen molar-refractivity contribution in [1.82, 2.24) is 15.5 Å². The number of hydrogen-bond donors (Lipinski definition) is 2. The van der Waals surface area contributed by atoms with Gasteiger partial charge in [-0.15, -0.1) is 0 Å². The Morgan fingerprint density at radius 3 is 2.95 bits per heavy atom. The van der Waals surface area contributed by atoms with Crippen molar-refractivity contribution in [3.63, 3.8) is 0 Å². The first-order chi connectivity index (χ1) is 9.47. The van der Waals surface area contributed by atoms with Gasteiger partial charge in [0.25, 0.3) is 11.6 Å². The van der Waals surface area contributed by atoms with Crippen LogP contribution >= 0.6 is 0 Å². The highest BCUT2D eigenvalue weighted by Crippen LogP contribution is 2.16. The van der Waals surface area contributed by atoms with Crippen LogP contribution in [-0.2, 0) is 0 Å². The molecule has 0 aliphatic carbocycles. The summed E-state index contributed by atoms with van der Waals surface area (Å²) < 4.78 is 4.99. The predicted molar refractivity (Wildman–Crippen MR) is 74.3 cm³/mol. The lowest BCUT2D eigenvalue weighted by atomic mass is 10.1. The highest BCUT2D eigenvalue weighted by Gasteiger charge is 2.13. The average Bonchev–Trinajstić information content (AvgIpc) is 2.76. The molecule has 1 unspecified atom stereocenters. The van der Waals surface area contributed by atoms with E-state index < -0.39 is 6.10 Å². The van der Waals surface area contributed by atoms with E-state index in [1.54, 1.807) is 13.0 Å². The first-order valence-electron chi connectivity index (χ1n) is 6.65. The van der Waals surface area contributed by atoms with E-state index in [-0.39, 0.29) is 12.5 Å². The third-order valence-electron chi connectivity index (χ3n) is 3.01. The number of aliphatic hydroxyl groups excluding tert-OH is 1. The molecule has 1 atom stereocenters. The number of carbonyl (C=O) groups excluding carboxylic acids is 1. The monoisotopic (exact) mass is 277 g/mol. The van der Waals surface area contributed by atoms with Crippen molar-refractivity contribution in [2.45, 2.75) is 33.3 Å². The van der Waals surface area contributed by atoms with E-state index in [2.05, 4.69) is 15.5 Å². The summed E-state index contributed by atoms with van der Waals surface area (Å²) in [6.45, 7) is 6.08. The van der Waals surface area contributed by atoms with E-state index in [1.807, 2.05) is 13.8 Å². The number of aliphatic hydroxyl groups is 1. The molecule has 0 spiro atoms. The van der Waals surface area contributed by atoms with Gasteiger partial charge < -0.3 is 14.9 Å². The quantitative estimate of drug-likeness (QED) is 0.867. The molecule has 6 nitrogen and oxygen atoms in total. The lowest BCUT2D eigenvalue weighted by Crippen LogP contribution is -2.32. The standard InChI is InChI=1S/C14H19N3O3/c1-8(2)4-11(18)7-15-13(19)10-5-12-9(3)17-20-14(12)16-6-10/h5-6,8,11,18H,4,7H2,1-3H3,(H,15,19). The zero-order chi connectivity index (χ0) is 14.7. The van der Waals surface area contributed by atoms with Gasteiger partial charge >= 0.3 is 0 Å². The van der Waals surface area contributed by atoms with Crippen molar-refractivity contribution in [3.8, 4) is 0 Å². The van der Waals surface area contributed by atoms with Crippen molar-refractivity contribution in [3.05, 3.63) is 23.5 Å². The zero-order valence-corrected chi connectivity index (χ0v) is 11.9. The fraction of sp³-hybridized carbons (Fsp3) is 0.500. The normalized spacial score (nSPS) is 12.8. The van der Waals surface area contributed by atoms with E-state index in [1.165, 1.54) is 6.20 Å². The smallest absolute Gasteiger partial charge is 0.257 e. The summed E-state index contributed by atoms with van der Waals surface area (Å²) >= 11 is 0. The molecule has 0 saturated carbocycles. The van der Waals surface area contributed by atoms with E-state index >= 15 is 0 Å². The third-order valence-corrected chi connectivity index (χ3v) is 3.01. The van der Waals surface area contributed by atoms with Crippen LogP contribution in [0.25, 0.3) is 11.1 Å². The Morgan fingerprint density at radius 2 is 2.25 bits per heavy atom. The molecule has 1 amide bonds. The Morgan fingerprint density at radius 1 is 1.50 bits per heavy atom. The first kappa shape index (κ1) is 14.5. The van der Waals surface area contributed by atoms with Crippen LogP contribution in [0.2, 0.25) is 0 Å². The molecule has 20 heavy (non-hydrogen) atoms. The van der Waals surface area contributed by atoms with Gasteiger partial charge in [-0.1, -0.05) is 19.0 Å². The van der Waals surface area contributed by atoms with Crippen molar-refractivity contribution < 1.29 is 14.4 Å². The number of aryl methyl sites for hydroxylation is 1.